The Hall–Kier alpha value is -2.22. The smallest absolute Gasteiger partial charge is 0.400 e. The monoisotopic (exact) mass is 500 g/mol. The third-order valence-electron chi connectivity index (χ3n) is 7.36. The first kappa shape index (κ1) is 25.9. The summed E-state index contributed by atoms with van der Waals surface area (Å²) >= 11 is 0. The first-order chi connectivity index (χ1) is 16.7. The first-order valence-electron chi connectivity index (χ1n) is 12.3. The zero-order valence-corrected chi connectivity index (χ0v) is 19.6. The van der Waals surface area contributed by atoms with Crippen molar-refractivity contribution in [2.45, 2.75) is 70.5 Å². The molecular formula is C27H30F6O2. The summed E-state index contributed by atoms with van der Waals surface area (Å²) in [5.41, 5.74) is -0.505. The summed E-state index contributed by atoms with van der Waals surface area (Å²) in [5, 5.41) is 0. The Morgan fingerprint density at radius 3 is 2.14 bits per heavy atom. The molecule has 0 bridgehead atoms. The van der Waals surface area contributed by atoms with Crippen molar-refractivity contribution in [2.75, 3.05) is 6.61 Å². The second-order valence-electron chi connectivity index (χ2n) is 9.77. The molecule has 2 aliphatic rings. The van der Waals surface area contributed by atoms with Gasteiger partial charge in [-0.05, 0) is 86.6 Å². The molecule has 192 valence electrons. The van der Waals surface area contributed by atoms with Crippen molar-refractivity contribution in [3.05, 3.63) is 53.6 Å². The van der Waals surface area contributed by atoms with Gasteiger partial charge in [-0.3, -0.25) is 0 Å². The topological polar surface area (TPSA) is 18.5 Å². The van der Waals surface area contributed by atoms with Crippen LogP contribution in [0.1, 0.15) is 58.3 Å². The molecule has 8 heteroatoms. The van der Waals surface area contributed by atoms with Gasteiger partial charge in [0, 0.05) is 18.2 Å². The van der Waals surface area contributed by atoms with Crippen molar-refractivity contribution in [1.29, 1.82) is 0 Å². The molecule has 0 aromatic heterocycles. The van der Waals surface area contributed by atoms with E-state index in [-0.39, 0.29) is 41.7 Å². The minimum atomic E-state index is -3.49. The number of hydrogen-bond acceptors (Lipinski definition) is 2. The lowest BCUT2D eigenvalue weighted by Crippen LogP contribution is -2.40. The summed E-state index contributed by atoms with van der Waals surface area (Å²) in [6, 6.07) is 4.22. The predicted molar refractivity (Wildman–Crippen MR) is 120 cm³/mol. The van der Waals surface area contributed by atoms with E-state index in [2.05, 4.69) is 6.92 Å². The van der Waals surface area contributed by atoms with Crippen LogP contribution in [0.2, 0.25) is 0 Å². The fourth-order valence-corrected chi connectivity index (χ4v) is 5.41. The molecule has 1 saturated carbocycles. The van der Waals surface area contributed by atoms with Gasteiger partial charge in [0.25, 0.3) is 0 Å². The van der Waals surface area contributed by atoms with Crippen LogP contribution < -0.4 is 4.74 Å². The van der Waals surface area contributed by atoms with Gasteiger partial charge in [0.05, 0.1) is 12.0 Å². The van der Waals surface area contributed by atoms with Crippen LogP contribution in [-0.4, -0.2) is 18.8 Å². The molecule has 0 spiro atoms. The van der Waals surface area contributed by atoms with E-state index in [1.54, 1.807) is 0 Å². The zero-order chi connectivity index (χ0) is 25.2. The van der Waals surface area contributed by atoms with Crippen LogP contribution in [0.15, 0.2) is 30.3 Å². The van der Waals surface area contributed by atoms with Gasteiger partial charge in [0.15, 0.2) is 17.5 Å². The maximum Gasteiger partial charge on any atom is 0.400 e. The number of rotatable bonds is 7. The van der Waals surface area contributed by atoms with Crippen LogP contribution >= 0.6 is 0 Å². The van der Waals surface area contributed by atoms with E-state index >= 15 is 0 Å². The summed E-state index contributed by atoms with van der Waals surface area (Å²) in [6.45, 7) is 2.91. The molecule has 1 aliphatic carbocycles. The van der Waals surface area contributed by atoms with Crippen LogP contribution in [0.4, 0.5) is 26.3 Å². The molecule has 0 amide bonds. The Balaban J connectivity index is 1.35. The van der Waals surface area contributed by atoms with E-state index in [4.69, 9.17) is 9.47 Å². The molecule has 4 rings (SSSR count). The van der Waals surface area contributed by atoms with Crippen LogP contribution in [0.25, 0.3) is 11.1 Å². The third kappa shape index (κ3) is 5.96. The second-order valence-corrected chi connectivity index (χ2v) is 9.77. The number of halogens is 6. The summed E-state index contributed by atoms with van der Waals surface area (Å²) in [4.78, 5) is 0. The number of alkyl halides is 2. The minimum Gasteiger partial charge on any atom is -0.432 e. The highest BCUT2D eigenvalue weighted by Crippen LogP contribution is 2.43. The number of ether oxygens (including phenoxy) is 2. The van der Waals surface area contributed by atoms with E-state index < -0.39 is 35.3 Å². The number of benzene rings is 2. The molecule has 2 nitrogen and oxygen atoms in total. The van der Waals surface area contributed by atoms with Gasteiger partial charge >= 0.3 is 6.11 Å². The average Bonchev–Trinajstić information content (AvgIpc) is 2.83. The lowest BCUT2D eigenvalue weighted by Gasteiger charge is -2.39. The molecule has 35 heavy (non-hydrogen) atoms. The minimum absolute atomic E-state index is 0.126. The van der Waals surface area contributed by atoms with E-state index in [0.29, 0.717) is 30.9 Å². The summed E-state index contributed by atoms with van der Waals surface area (Å²) in [7, 11) is 0. The van der Waals surface area contributed by atoms with Crippen molar-refractivity contribution in [3.63, 3.8) is 0 Å². The average molecular weight is 501 g/mol. The van der Waals surface area contributed by atoms with Crippen molar-refractivity contribution in [2.24, 2.45) is 17.8 Å². The molecular weight excluding hydrogens is 470 g/mol. The first-order valence-corrected chi connectivity index (χ1v) is 12.3. The highest BCUT2D eigenvalue weighted by molar-refractivity contribution is 5.65. The molecule has 0 N–H and O–H groups in total. The second kappa shape index (κ2) is 10.8. The van der Waals surface area contributed by atoms with Crippen molar-refractivity contribution < 1.29 is 35.8 Å². The quantitative estimate of drug-likeness (QED) is 0.281. The fraction of sp³-hybridized carbons (Fsp3) is 0.556. The normalized spacial score (nSPS) is 25.5. The molecule has 2 aromatic carbocycles. The number of hydrogen-bond donors (Lipinski definition) is 0. The van der Waals surface area contributed by atoms with Crippen molar-refractivity contribution in [1.82, 2.24) is 0 Å². The molecule has 2 aromatic rings. The molecule has 2 atom stereocenters. The van der Waals surface area contributed by atoms with Crippen LogP contribution in [-0.2, 0) is 4.74 Å². The van der Waals surface area contributed by atoms with Gasteiger partial charge in [0.2, 0.25) is 0 Å². The van der Waals surface area contributed by atoms with Crippen molar-refractivity contribution >= 4 is 0 Å². The predicted octanol–water partition coefficient (Wildman–Crippen LogP) is 8.28. The molecule has 2 fully saturated rings. The van der Waals surface area contributed by atoms with Gasteiger partial charge in [-0.1, -0.05) is 13.3 Å². The van der Waals surface area contributed by atoms with Crippen molar-refractivity contribution in [3.8, 4) is 16.9 Å². The van der Waals surface area contributed by atoms with E-state index in [9.17, 15) is 26.3 Å². The van der Waals surface area contributed by atoms with Gasteiger partial charge in [-0.25, -0.2) is 17.6 Å². The standard InChI is InChI=1S/C27H30F6O2/c1-2-3-16-4-11-25(34-15-16)17-5-7-19(8-6-17)27(32,33)35-20-9-10-21(22(28)14-20)18-12-23(29)26(31)24(30)13-18/h9-10,12-14,16-17,19,25H,2-8,11,15H2,1H3. The summed E-state index contributed by atoms with van der Waals surface area (Å²) in [6.07, 6.45) is 2.83. The molecule has 1 aliphatic heterocycles. The Morgan fingerprint density at radius 2 is 1.57 bits per heavy atom. The zero-order valence-electron chi connectivity index (χ0n) is 19.6. The molecule has 0 radical (unpaired) electrons. The Bertz CT molecular complexity index is 988. The van der Waals surface area contributed by atoms with E-state index in [1.807, 2.05) is 0 Å². The third-order valence-corrected chi connectivity index (χ3v) is 7.36. The van der Waals surface area contributed by atoms with Crippen LogP contribution in [0.3, 0.4) is 0 Å². The SMILES string of the molecule is CCCC1CCC(C2CCC(C(F)(F)Oc3ccc(-c4cc(F)c(F)c(F)c4)c(F)c3)CC2)OC1. The Morgan fingerprint density at radius 1 is 0.886 bits per heavy atom. The summed E-state index contributed by atoms with van der Waals surface area (Å²) in [5.74, 6) is -6.15. The maximum absolute atomic E-state index is 14.9. The lowest BCUT2D eigenvalue weighted by molar-refractivity contribution is -0.225. The Kier molecular flexibility index (Phi) is 7.99. The van der Waals surface area contributed by atoms with Gasteiger partial charge in [-0.2, -0.15) is 8.78 Å². The maximum atomic E-state index is 14.9. The van der Waals surface area contributed by atoms with Gasteiger partial charge in [0.1, 0.15) is 11.6 Å². The van der Waals surface area contributed by atoms with Crippen LogP contribution in [0.5, 0.6) is 5.75 Å². The van der Waals surface area contributed by atoms with Gasteiger partial charge in [-0.15, -0.1) is 0 Å². The molecule has 2 unspecified atom stereocenters. The van der Waals surface area contributed by atoms with E-state index in [0.717, 1.165) is 50.5 Å². The summed E-state index contributed by atoms with van der Waals surface area (Å²) < 4.78 is 95.4. The van der Waals surface area contributed by atoms with Crippen LogP contribution in [0, 0.1) is 41.0 Å². The highest BCUT2D eigenvalue weighted by atomic mass is 19.3. The molecule has 1 heterocycles. The highest BCUT2D eigenvalue weighted by Gasteiger charge is 2.45. The largest absolute Gasteiger partial charge is 0.432 e. The Labute approximate surface area is 201 Å². The lowest BCUT2D eigenvalue weighted by atomic mass is 9.76. The van der Waals surface area contributed by atoms with E-state index in [1.165, 1.54) is 0 Å². The molecule has 1 saturated heterocycles. The van der Waals surface area contributed by atoms with Gasteiger partial charge < -0.3 is 9.47 Å². The fourth-order valence-electron chi connectivity index (χ4n) is 5.41.